The molecule has 6 heteroatoms. The molecule has 0 atom stereocenters. The van der Waals surface area contributed by atoms with Gasteiger partial charge in [-0.15, -0.1) is 0 Å². The Hall–Kier alpha value is -1.82. The van der Waals surface area contributed by atoms with Crippen molar-refractivity contribution in [1.82, 2.24) is 9.97 Å². The second kappa shape index (κ2) is 7.09. The third kappa shape index (κ3) is 3.84. The molecule has 0 saturated heterocycles. The van der Waals surface area contributed by atoms with Crippen molar-refractivity contribution in [1.29, 1.82) is 0 Å². The van der Waals surface area contributed by atoms with Gasteiger partial charge in [-0.3, -0.25) is 0 Å². The van der Waals surface area contributed by atoms with Gasteiger partial charge in [0.25, 0.3) is 0 Å². The van der Waals surface area contributed by atoms with E-state index in [9.17, 15) is 0 Å². The molecule has 0 fully saturated rings. The Balaban J connectivity index is 1.90. The van der Waals surface area contributed by atoms with Gasteiger partial charge in [-0.2, -0.15) is 0 Å². The topological polar surface area (TPSA) is 59.1 Å². The lowest BCUT2D eigenvalue weighted by atomic mass is 10.1. The van der Waals surface area contributed by atoms with Crippen molar-refractivity contribution in [2.24, 2.45) is 0 Å². The Morgan fingerprint density at radius 2 is 2.00 bits per heavy atom. The van der Waals surface area contributed by atoms with Crippen LogP contribution in [0.4, 0.5) is 11.6 Å². The average Bonchev–Trinajstić information content (AvgIpc) is 2.48. The summed E-state index contributed by atoms with van der Waals surface area (Å²) in [5.74, 6) is 2.46. The number of aromatic nitrogens is 2. The fourth-order valence-electron chi connectivity index (χ4n) is 1.79. The number of nitrogens with one attached hydrogen (secondary N) is 2. The normalized spacial score (nSPS) is 10.2. The van der Waals surface area contributed by atoms with Gasteiger partial charge in [-0.25, -0.2) is 9.97 Å². The summed E-state index contributed by atoms with van der Waals surface area (Å²) in [6, 6.07) is 7.97. The molecule has 2 aromatic rings. The lowest BCUT2D eigenvalue weighted by molar-refractivity contribution is 0.412. The number of anilines is 2. The van der Waals surface area contributed by atoms with Crippen molar-refractivity contribution in [2.75, 3.05) is 31.3 Å². The van der Waals surface area contributed by atoms with Crippen molar-refractivity contribution in [3.63, 3.8) is 0 Å². The minimum absolute atomic E-state index is 0.801. The van der Waals surface area contributed by atoms with Crippen LogP contribution in [0.3, 0.4) is 0 Å². The van der Waals surface area contributed by atoms with E-state index in [1.807, 2.05) is 19.2 Å². The molecule has 0 amide bonds. The minimum Gasteiger partial charge on any atom is -0.496 e. The van der Waals surface area contributed by atoms with Crippen molar-refractivity contribution in [2.45, 2.75) is 6.42 Å². The monoisotopic (exact) mass is 336 g/mol. The van der Waals surface area contributed by atoms with E-state index in [4.69, 9.17) is 4.74 Å². The van der Waals surface area contributed by atoms with Crippen LogP contribution >= 0.6 is 15.9 Å². The number of benzene rings is 1. The summed E-state index contributed by atoms with van der Waals surface area (Å²) in [4.78, 5) is 8.24. The maximum Gasteiger partial charge on any atom is 0.133 e. The Bertz CT molecular complexity index is 577. The minimum atomic E-state index is 0.801. The molecular formula is C14H17BrN4O. The summed E-state index contributed by atoms with van der Waals surface area (Å²) in [5, 5.41) is 6.26. The van der Waals surface area contributed by atoms with Crippen molar-refractivity contribution < 1.29 is 4.74 Å². The van der Waals surface area contributed by atoms with E-state index in [1.54, 1.807) is 7.11 Å². The molecule has 2 rings (SSSR count). The lowest BCUT2D eigenvalue weighted by Gasteiger charge is -2.08. The summed E-state index contributed by atoms with van der Waals surface area (Å²) in [6.07, 6.45) is 2.44. The van der Waals surface area contributed by atoms with Crippen LogP contribution in [0.1, 0.15) is 5.56 Å². The first-order valence-corrected chi connectivity index (χ1v) is 7.08. The molecule has 20 heavy (non-hydrogen) atoms. The molecule has 0 saturated carbocycles. The van der Waals surface area contributed by atoms with Crippen LogP contribution in [0.15, 0.2) is 35.1 Å². The van der Waals surface area contributed by atoms with Crippen LogP contribution in [-0.2, 0) is 6.42 Å². The third-order valence-electron chi connectivity index (χ3n) is 2.86. The molecule has 0 bridgehead atoms. The highest BCUT2D eigenvalue weighted by atomic mass is 79.9. The van der Waals surface area contributed by atoms with E-state index >= 15 is 0 Å². The van der Waals surface area contributed by atoms with E-state index in [2.05, 4.69) is 48.7 Å². The Labute approximate surface area is 126 Å². The van der Waals surface area contributed by atoms with Gasteiger partial charge >= 0.3 is 0 Å². The molecule has 0 unspecified atom stereocenters. The molecule has 5 nitrogen and oxygen atoms in total. The first-order chi connectivity index (χ1) is 9.72. The highest BCUT2D eigenvalue weighted by Gasteiger charge is 2.02. The van der Waals surface area contributed by atoms with E-state index < -0.39 is 0 Å². The van der Waals surface area contributed by atoms with E-state index in [-0.39, 0.29) is 0 Å². The fraction of sp³-hybridized carbons (Fsp3) is 0.286. The second-order valence-corrected chi connectivity index (χ2v) is 5.04. The zero-order valence-corrected chi connectivity index (χ0v) is 13.1. The highest BCUT2D eigenvalue weighted by Crippen LogP contribution is 2.25. The van der Waals surface area contributed by atoms with Crippen LogP contribution in [0, 0.1) is 0 Å². The second-order valence-electron chi connectivity index (χ2n) is 4.18. The van der Waals surface area contributed by atoms with Crippen molar-refractivity contribution in [3.8, 4) is 5.75 Å². The standard InChI is InChI=1S/C14H17BrN4O/c1-16-13-8-14(19-9-18-13)17-6-5-10-3-4-12(20-2)11(15)7-10/h3-4,7-9H,5-6H2,1-2H3,(H2,16,17,18,19). The summed E-state index contributed by atoms with van der Waals surface area (Å²) >= 11 is 3.49. The van der Waals surface area contributed by atoms with Crippen molar-refractivity contribution in [3.05, 3.63) is 40.6 Å². The van der Waals surface area contributed by atoms with Gasteiger partial charge < -0.3 is 15.4 Å². The van der Waals surface area contributed by atoms with Gasteiger partial charge in [0.05, 0.1) is 11.6 Å². The molecule has 0 aliphatic rings. The molecule has 0 aliphatic heterocycles. The smallest absolute Gasteiger partial charge is 0.133 e. The fourth-order valence-corrected chi connectivity index (χ4v) is 2.38. The Morgan fingerprint density at radius 3 is 2.70 bits per heavy atom. The van der Waals surface area contributed by atoms with Crippen LogP contribution in [0.5, 0.6) is 5.75 Å². The van der Waals surface area contributed by atoms with Gasteiger partial charge in [0.1, 0.15) is 23.7 Å². The summed E-state index contributed by atoms with van der Waals surface area (Å²) in [7, 11) is 3.50. The SMILES string of the molecule is CNc1cc(NCCc2ccc(OC)c(Br)c2)ncn1. The predicted molar refractivity (Wildman–Crippen MR) is 84.5 cm³/mol. The van der Waals surface area contributed by atoms with Gasteiger partial charge in [0, 0.05) is 19.7 Å². The zero-order chi connectivity index (χ0) is 14.4. The summed E-state index contributed by atoms with van der Waals surface area (Å²) in [5.41, 5.74) is 1.23. The molecule has 0 spiro atoms. The first-order valence-electron chi connectivity index (χ1n) is 6.29. The molecule has 1 aromatic carbocycles. The number of methoxy groups -OCH3 is 1. The maximum atomic E-state index is 5.21. The largest absolute Gasteiger partial charge is 0.496 e. The number of rotatable bonds is 6. The average molecular weight is 337 g/mol. The number of hydrogen-bond acceptors (Lipinski definition) is 5. The van der Waals surface area contributed by atoms with Gasteiger partial charge in [-0.05, 0) is 40.0 Å². The molecule has 106 valence electrons. The van der Waals surface area contributed by atoms with Crippen LogP contribution in [-0.4, -0.2) is 30.7 Å². The van der Waals surface area contributed by atoms with E-state index in [0.717, 1.165) is 34.8 Å². The van der Waals surface area contributed by atoms with Crippen LogP contribution < -0.4 is 15.4 Å². The molecule has 0 radical (unpaired) electrons. The lowest BCUT2D eigenvalue weighted by Crippen LogP contribution is -2.07. The Morgan fingerprint density at radius 1 is 1.20 bits per heavy atom. The molecule has 1 aromatic heterocycles. The van der Waals surface area contributed by atoms with Gasteiger partial charge in [-0.1, -0.05) is 6.07 Å². The molecular weight excluding hydrogens is 320 g/mol. The maximum absolute atomic E-state index is 5.21. The molecule has 2 N–H and O–H groups in total. The van der Waals surface area contributed by atoms with Crippen LogP contribution in [0.2, 0.25) is 0 Å². The number of halogens is 1. The molecule has 1 heterocycles. The molecule has 0 aliphatic carbocycles. The van der Waals surface area contributed by atoms with Crippen LogP contribution in [0.25, 0.3) is 0 Å². The number of nitrogens with zero attached hydrogens (tertiary/aromatic N) is 2. The van der Waals surface area contributed by atoms with E-state index in [1.165, 1.54) is 11.9 Å². The Kier molecular flexibility index (Phi) is 5.17. The summed E-state index contributed by atoms with van der Waals surface area (Å²) in [6.45, 7) is 0.805. The highest BCUT2D eigenvalue weighted by molar-refractivity contribution is 9.10. The zero-order valence-electron chi connectivity index (χ0n) is 11.5. The third-order valence-corrected chi connectivity index (χ3v) is 3.48. The van der Waals surface area contributed by atoms with E-state index in [0.29, 0.717) is 0 Å². The predicted octanol–water partition coefficient (Wildman–Crippen LogP) is 2.94. The number of ether oxygens (including phenoxy) is 1. The van der Waals surface area contributed by atoms with Gasteiger partial charge in [0.15, 0.2) is 0 Å². The van der Waals surface area contributed by atoms with Gasteiger partial charge in [0.2, 0.25) is 0 Å². The quantitative estimate of drug-likeness (QED) is 0.849. The van der Waals surface area contributed by atoms with Crippen molar-refractivity contribution >= 4 is 27.6 Å². The number of hydrogen-bond donors (Lipinski definition) is 2. The summed E-state index contributed by atoms with van der Waals surface area (Å²) < 4.78 is 6.18. The first kappa shape index (κ1) is 14.6.